The third-order valence-corrected chi connectivity index (χ3v) is 3.43. The van der Waals surface area contributed by atoms with Gasteiger partial charge >= 0.3 is 0 Å². The molecule has 0 aliphatic heterocycles. The molecule has 0 fully saturated rings. The Morgan fingerprint density at radius 3 is 2.94 bits per heavy atom. The topological polar surface area (TPSA) is 55.1 Å². The lowest BCUT2D eigenvalue weighted by atomic mass is 10.1. The first kappa shape index (κ1) is 12.6. The van der Waals surface area contributed by atoms with Crippen LogP contribution in [0, 0.1) is 5.82 Å². The molecule has 0 atom stereocenters. The smallest absolute Gasteiger partial charge is 0.253 e. The first-order chi connectivity index (χ1) is 8.66. The molecular weight excluding hydrogens is 251 g/mol. The van der Waals surface area contributed by atoms with Gasteiger partial charge in [0, 0.05) is 17.1 Å². The van der Waals surface area contributed by atoms with E-state index in [4.69, 9.17) is 5.73 Å². The average Bonchev–Trinajstić information content (AvgIpc) is 2.85. The Hall–Kier alpha value is -1.88. The van der Waals surface area contributed by atoms with E-state index in [0.29, 0.717) is 6.54 Å². The molecule has 0 saturated heterocycles. The fraction of sp³-hybridized carbons (Fsp3) is 0.154. The highest BCUT2D eigenvalue weighted by atomic mass is 32.1. The van der Waals surface area contributed by atoms with Crippen LogP contribution in [-0.2, 0) is 6.42 Å². The maximum atomic E-state index is 13.0. The zero-order chi connectivity index (χ0) is 13.0. The largest absolute Gasteiger partial charge is 0.398 e. The van der Waals surface area contributed by atoms with Gasteiger partial charge in [-0.25, -0.2) is 4.39 Å². The summed E-state index contributed by atoms with van der Waals surface area (Å²) in [6, 6.07) is 7.75. The van der Waals surface area contributed by atoms with Crippen LogP contribution in [0.1, 0.15) is 15.2 Å². The first-order valence-electron chi connectivity index (χ1n) is 5.52. The highest BCUT2D eigenvalue weighted by Crippen LogP contribution is 2.13. The predicted octanol–water partition coefficient (Wildman–Crippen LogP) is 2.44. The van der Waals surface area contributed by atoms with E-state index >= 15 is 0 Å². The predicted molar refractivity (Wildman–Crippen MR) is 71.2 cm³/mol. The van der Waals surface area contributed by atoms with Crippen LogP contribution in [0.25, 0.3) is 0 Å². The van der Waals surface area contributed by atoms with Gasteiger partial charge in [-0.15, -0.1) is 11.3 Å². The van der Waals surface area contributed by atoms with Gasteiger partial charge in [-0.2, -0.15) is 0 Å². The fourth-order valence-corrected chi connectivity index (χ4v) is 2.28. The number of thiophene rings is 1. The van der Waals surface area contributed by atoms with Gasteiger partial charge in [0.05, 0.1) is 5.56 Å². The van der Waals surface area contributed by atoms with Crippen LogP contribution >= 0.6 is 11.3 Å². The summed E-state index contributed by atoms with van der Waals surface area (Å²) in [7, 11) is 0. The molecule has 0 radical (unpaired) electrons. The quantitative estimate of drug-likeness (QED) is 0.833. The van der Waals surface area contributed by atoms with E-state index in [1.54, 1.807) is 11.3 Å². The standard InChI is InChI=1S/C13H13FN2OS/c14-9-3-4-12(15)11(8-9)13(17)16-6-5-10-2-1-7-18-10/h1-4,7-8H,5-6,15H2,(H,16,17). The Bertz CT molecular complexity index is 540. The number of amides is 1. The van der Waals surface area contributed by atoms with Gasteiger partial charge in [-0.05, 0) is 36.1 Å². The molecule has 0 aliphatic rings. The summed E-state index contributed by atoms with van der Waals surface area (Å²) in [6.07, 6.45) is 0.763. The van der Waals surface area contributed by atoms with Crippen LogP contribution in [-0.4, -0.2) is 12.5 Å². The molecule has 1 amide bonds. The Balaban J connectivity index is 1.93. The van der Waals surface area contributed by atoms with Gasteiger partial charge in [0.2, 0.25) is 0 Å². The number of nitrogens with one attached hydrogen (secondary N) is 1. The van der Waals surface area contributed by atoms with Crippen molar-refractivity contribution in [2.24, 2.45) is 0 Å². The summed E-state index contributed by atoms with van der Waals surface area (Å²) < 4.78 is 13.0. The van der Waals surface area contributed by atoms with Crippen LogP contribution in [0.5, 0.6) is 0 Å². The fourth-order valence-electron chi connectivity index (χ4n) is 1.57. The monoisotopic (exact) mass is 264 g/mol. The lowest BCUT2D eigenvalue weighted by Gasteiger charge is -2.07. The average molecular weight is 264 g/mol. The normalized spacial score (nSPS) is 10.3. The number of hydrogen-bond donors (Lipinski definition) is 2. The molecule has 0 spiro atoms. The van der Waals surface area contributed by atoms with Crippen LogP contribution < -0.4 is 11.1 Å². The molecule has 2 aromatic rings. The number of halogens is 1. The number of carbonyl (C=O) groups is 1. The molecule has 2 rings (SSSR count). The molecule has 3 nitrogen and oxygen atoms in total. The maximum Gasteiger partial charge on any atom is 0.253 e. The molecular formula is C13H13FN2OS. The number of anilines is 1. The zero-order valence-corrected chi connectivity index (χ0v) is 10.5. The van der Waals surface area contributed by atoms with E-state index in [-0.39, 0.29) is 17.2 Å². The number of nitrogen functional groups attached to an aromatic ring is 1. The van der Waals surface area contributed by atoms with Crippen molar-refractivity contribution in [3.63, 3.8) is 0 Å². The van der Waals surface area contributed by atoms with Crippen LogP contribution in [0.15, 0.2) is 35.7 Å². The van der Waals surface area contributed by atoms with Crippen LogP contribution in [0.2, 0.25) is 0 Å². The van der Waals surface area contributed by atoms with Crippen LogP contribution in [0.3, 0.4) is 0 Å². The summed E-state index contributed by atoms with van der Waals surface area (Å²) in [6.45, 7) is 0.509. The minimum absolute atomic E-state index is 0.182. The van der Waals surface area contributed by atoms with Crippen molar-refractivity contribution in [1.29, 1.82) is 0 Å². The summed E-state index contributed by atoms with van der Waals surface area (Å²) in [5, 5.41) is 4.71. The Labute approximate surface area is 108 Å². The minimum atomic E-state index is -0.465. The van der Waals surface area contributed by atoms with Crippen molar-refractivity contribution < 1.29 is 9.18 Å². The van der Waals surface area contributed by atoms with Gasteiger partial charge in [0.15, 0.2) is 0 Å². The lowest BCUT2D eigenvalue weighted by Crippen LogP contribution is -2.26. The first-order valence-corrected chi connectivity index (χ1v) is 6.40. The molecule has 0 unspecified atom stereocenters. The molecule has 3 N–H and O–H groups in total. The van der Waals surface area contributed by atoms with Crippen LogP contribution in [0.4, 0.5) is 10.1 Å². The van der Waals surface area contributed by atoms with Gasteiger partial charge in [-0.3, -0.25) is 4.79 Å². The molecule has 94 valence electrons. The van der Waals surface area contributed by atoms with Gasteiger partial charge in [0.1, 0.15) is 5.82 Å². The molecule has 5 heteroatoms. The second kappa shape index (κ2) is 5.64. The molecule has 0 aliphatic carbocycles. The SMILES string of the molecule is Nc1ccc(F)cc1C(=O)NCCc1cccs1. The van der Waals surface area contributed by atoms with Crippen molar-refractivity contribution in [3.05, 3.63) is 52.0 Å². The Morgan fingerprint density at radius 2 is 2.22 bits per heavy atom. The second-order valence-electron chi connectivity index (χ2n) is 3.82. The Morgan fingerprint density at radius 1 is 1.39 bits per heavy atom. The molecule has 0 saturated carbocycles. The number of benzene rings is 1. The summed E-state index contributed by atoms with van der Waals surface area (Å²) in [4.78, 5) is 13.0. The van der Waals surface area contributed by atoms with Crippen molar-refractivity contribution in [1.82, 2.24) is 5.32 Å². The van der Waals surface area contributed by atoms with E-state index in [2.05, 4.69) is 5.32 Å². The number of hydrogen-bond acceptors (Lipinski definition) is 3. The van der Waals surface area contributed by atoms with Crippen molar-refractivity contribution in [3.8, 4) is 0 Å². The summed E-state index contributed by atoms with van der Waals surface area (Å²) >= 11 is 1.64. The van der Waals surface area contributed by atoms with E-state index < -0.39 is 5.82 Å². The number of carbonyl (C=O) groups excluding carboxylic acids is 1. The highest BCUT2D eigenvalue weighted by molar-refractivity contribution is 7.09. The van der Waals surface area contributed by atoms with Crippen molar-refractivity contribution in [2.45, 2.75) is 6.42 Å². The molecule has 1 heterocycles. The summed E-state index contributed by atoms with van der Waals surface area (Å²) in [5.74, 6) is -0.809. The van der Waals surface area contributed by atoms with Gasteiger partial charge in [-0.1, -0.05) is 6.07 Å². The molecule has 0 bridgehead atoms. The van der Waals surface area contributed by atoms with Crippen molar-refractivity contribution >= 4 is 22.9 Å². The Kier molecular flexibility index (Phi) is 3.94. The summed E-state index contributed by atoms with van der Waals surface area (Å²) in [5.41, 5.74) is 6.10. The number of rotatable bonds is 4. The number of nitrogens with two attached hydrogens (primary N) is 1. The van der Waals surface area contributed by atoms with Gasteiger partial charge in [0.25, 0.3) is 5.91 Å². The zero-order valence-electron chi connectivity index (χ0n) is 9.65. The van der Waals surface area contributed by atoms with Gasteiger partial charge < -0.3 is 11.1 Å². The second-order valence-corrected chi connectivity index (χ2v) is 4.85. The van der Waals surface area contributed by atoms with Crippen molar-refractivity contribution in [2.75, 3.05) is 12.3 Å². The van der Waals surface area contributed by atoms with E-state index in [1.807, 2.05) is 17.5 Å². The van der Waals surface area contributed by atoms with E-state index in [1.165, 1.54) is 17.0 Å². The molecule has 1 aromatic heterocycles. The third-order valence-electron chi connectivity index (χ3n) is 2.50. The minimum Gasteiger partial charge on any atom is -0.398 e. The third kappa shape index (κ3) is 3.07. The molecule has 1 aromatic carbocycles. The van der Waals surface area contributed by atoms with E-state index in [9.17, 15) is 9.18 Å². The molecule has 18 heavy (non-hydrogen) atoms. The van der Waals surface area contributed by atoms with E-state index in [0.717, 1.165) is 12.5 Å². The highest BCUT2D eigenvalue weighted by Gasteiger charge is 2.10. The maximum absolute atomic E-state index is 13.0. The lowest BCUT2D eigenvalue weighted by molar-refractivity contribution is 0.0954.